The average molecular weight is 285 g/mol. The molecule has 1 fully saturated rings. The van der Waals surface area contributed by atoms with Crippen molar-refractivity contribution in [2.45, 2.75) is 38.8 Å². The summed E-state index contributed by atoms with van der Waals surface area (Å²) in [5, 5.41) is 15.5. The molecule has 1 aromatic carbocycles. The van der Waals surface area contributed by atoms with Gasteiger partial charge in [0.1, 0.15) is 0 Å². The van der Waals surface area contributed by atoms with Gasteiger partial charge in [0.25, 0.3) is 0 Å². The molecule has 1 saturated carbocycles. The molecule has 2 aromatic rings. The molecule has 0 aliphatic heterocycles. The van der Waals surface area contributed by atoms with Crippen molar-refractivity contribution in [1.82, 2.24) is 25.5 Å². The fraction of sp³-hybridized carbons (Fsp3) is 0.467. The third-order valence-electron chi connectivity index (χ3n) is 3.53. The molecule has 0 bridgehead atoms. The molecule has 6 nitrogen and oxygen atoms in total. The zero-order valence-corrected chi connectivity index (χ0v) is 12.2. The first-order valence-corrected chi connectivity index (χ1v) is 7.30. The van der Waals surface area contributed by atoms with E-state index in [0.717, 1.165) is 18.4 Å². The van der Waals surface area contributed by atoms with Crippen LogP contribution in [0.1, 0.15) is 32.7 Å². The molecule has 6 heteroatoms. The monoisotopic (exact) mass is 285 g/mol. The molecule has 0 radical (unpaired) electrons. The summed E-state index contributed by atoms with van der Waals surface area (Å²) in [4.78, 5) is 13.8. The summed E-state index contributed by atoms with van der Waals surface area (Å²) in [6, 6.07) is 9.55. The summed E-state index contributed by atoms with van der Waals surface area (Å²) in [5.74, 6) is 0.617. The molecular weight excluding hydrogens is 266 g/mol. The summed E-state index contributed by atoms with van der Waals surface area (Å²) in [6.45, 7) is 3.98. The Morgan fingerprint density at radius 3 is 2.62 bits per heavy atom. The highest BCUT2D eigenvalue weighted by atomic mass is 16.2. The largest absolute Gasteiger partial charge is 0.351 e. The SMILES string of the molecule is CC(C)[C@@H](C(=O)NC1CC1)n1nnc(-c2ccccc2)n1. The van der Waals surface area contributed by atoms with Crippen molar-refractivity contribution in [3.8, 4) is 11.4 Å². The van der Waals surface area contributed by atoms with Gasteiger partial charge in [-0.3, -0.25) is 4.79 Å². The van der Waals surface area contributed by atoms with Gasteiger partial charge in [0.05, 0.1) is 0 Å². The number of hydrogen-bond donors (Lipinski definition) is 1. The van der Waals surface area contributed by atoms with Crippen molar-refractivity contribution in [3.05, 3.63) is 30.3 Å². The lowest BCUT2D eigenvalue weighted by atomic mass is 10.0. The van der Waals surface area contributed by atoms with Crippen molar-refractivity contribution in [2.75, 3.05) is 0 Å². The molecule has 110 valence electrons. The standard InChI is InChI=1S/C15H19N5O/c1-10(2)13(15(21)16-12-8-9-12)20-18-14(17-19-20)11-6-4-3-5-7-11/h3-7,10,12-13H,8-9H2,1-2H3,(H,16,21)/t13-/m0/s1. The minimum Gasteiger partial charge on any atom is -0.351 e. The topological polar surface area (TPSA) is 72.7 Å². The van der Waals surface area contributed by atoms with Gasteiger partial charge in [0, 0.05) is 11.6 Å². The summed E-state index contributed by atoms with van der Waals surface area (Å²) >= 11 is 0. The van der Waals surface area contributed by atoms with Gasteiger partial charge in [-0.25, -0.2) is 0 Å². The second-order valence-electron chi connectivity index (χ2n) is 5.77. The zero-order chi connectivity index (χ0) is 14.8. The van der Waals surface area contributed by atoms with Crippen molar-refractivity contribution in [2.24, 2.45) is 5.92 Å². The predicted molar refractivity (Wildman–Crippen MR) is 78.3 cm³/mol. The maximum absolute atomic E-state index is 12.3. The molecule has 0 spiro atoms. The quantitative estimate of drug-likeness (QED) is 0.909. The molecule has 1 amide bonds. The van der Waals surface area contributed by atoms with E-state index in [9.17, 15) is 4.79 Å². The molecule has 3 rings (SSSR count). The highest BCUT2D eigenvalue weighted by Crippen LogP contribution is 2.23. The number of tetrazole rings is 1. The Kier molecular flexibility index (Phi) is 3.68. The Morgan fingerprint density at radius 1 is 1.29 bits per heavy atom. The number of nitrogens with one attached hydrogen (secondary N) is 1. The van der Waals surface area contributed by atoms with E-state index in [4.69, 9.17) is 0 Å². The van der Waals surface area contributed by atoms with Gasteiger partial charge in [0.2, 0.25) is 11.7 Å². The van der Waals surface area contributed by atoms with Crippen molar-refractivity contribution >= 4 is 5.91 Å². The number of benzene rings is 1. The number of aromatic nitrogens is 4. The van der Waals surface area contributed by atoms with Gasteiger partial charge in [-0.2, -0.15) is 4.80 Å². The van der Waals surface area contributed by atoms with Crippen molar-refractivity contribution in [1.29, 1.82) is 0 Å². The lowest BCUT2D eigenvalue weighted by Gasteiger charge is -2.18. The van der Waals surface area contributed by atoms with Crippen LogP contribution in [0.5, 0.6) is 0 Å². The Hall–Kier alpha value is -2.24. The van der Waals surface area contributed by atoms with Gasteiger partial charge in [0.15, 0.2) is 6.04 Å². The van der Waals surface area contributed by atoms with Crippen LogP contribution >= 0.6 is 0 Å². The van der Waals surface area contributed by atoms with Crippen LogP contribution < -0.4 is 5.32 Å². The summed E-state index contributed by atoms with van der Waals surface area (Å²) < 4.78 is 0. The van der Waals surface area contributed by atoms with Gasteiger partial charge in [-0.15, -0.1) is 10.2 Å². The van der Waals surface area contributed by atoms with Gasteiger partial charge >= 0.3 is 0 Å². The van der Waals surface area contributed by atoms with Crippen LogP contribution in [0.3, 0.4) is 0 Å². The zero-order valence-electron chi connectivity index (χ0n) is 12.2. The fourth-order valence-electron chi connectivity index (χ4n) is 2.23. The van der Waals surface area contributed by atoms with E-state index >= 15 is 0 Å². The van der Waals surface area contributed by atoms with Crippen LogP contribution in [0.25, 0.3) is 11.4 Å². The molecule has 21 heavy (non-hydrogen) atoms. The third kappa shape index (κ3) is 3.09. The summed E-state index contributed by atoms with van der Waals surface area (Å²) in [5.41, 5.74) is 0.897. The Morgan fingerprint density at radius 2 is 2.00 bits per heavy atom. The first-order valence-electron chi connectivity index (χ1n) is 7.30. The van der Waals surface area contributed by atoms with Gasteiger partial charge in [-0.05, 0) is 24.0 Å². The minimum atomic E-state index is -0.421. The van der Waals surface area contributed by atoms with E-state index in [0.29, 0.717) is 11.9 Å². The van der Waals surface area contributed by atoms with E-state index < -0.39 is 6.04 Å². The van der Waals surface area contributed by atoms with E-state index in [1.54, 1.807) is 0 Å². The highest BCUT2D eigenvalue weighted by molar-refractivity contribution is 5.80. The number of carbonyl (C=O) groups excluding carboxylic acids is 1. The summed E-state index contributed by atoms with van der Waals surface area (Å²) in [7, 11) is 0. The van der Waals surface area contributed by atoms with Crippen LogP contribution in [-0.2, 0) is 4.79 Å². The number of carbonyl (C=O) groups is 1. The van der Waals surface area contributed by atoms with Crippen molar-refractivity contribution in [3.63, 3.8) is 0 Å². The van der Waals surface area contributed by atoms with E-state index in [2.05, 4.69) is 20.7 Å². The van der Waals surface area contributed by atoms with Crippen LogP contribution in [0.15, 0.2) is 30.3 Å². The summed E-state index contributed by atoms with van der Waals surface area (Å²) in [6.07, 6.45) is 2.13. The van der Waals surface area contributed by atoms with E-state index in [-0.39, 0.29) is 11.8 Å². The Bertz CT molecular complexity index is 618. The minimum absolute atomic E-state index is 0.0236. The molecule has 1 aliphatic carbocycles. The van der Waals surface area contributed by atoms with E-state index in [1.165, 1.54) is 4.80 Å². The number of hydrogen-bond acceptors (Lipinski definition) is 4. The Labute approximate surface area is 123 Å². The van der Waals surface area contributed by atoms with E-state index in [1.807, 2.05) is 44.2 Å². The fourth-order valence-corrected chi connectivity index (χ4v) is 2.23. The predicted octanol–water partition coefficient (Wildman–Crippen LogP) is 1.82. The van der Waals surface area contributed by atoms with Crippen molar-refractivity contribution < 1.29 is 4.79 Å². The first kappa shape index (κ1) is 13.7. The lowest BCUT2D eigenvalue weighted by molar-refractivity contribution is -0.126. The van der Waals surface area contributed by atoms with Crippen LogP contribution in [0.2, 0.25) is 0 Å². The molecule has 1 atom stereocenters. The number of amides is 1. The second kappa shape index (κ2) is 5.63. The highest BCUT2D eigenvalue weighted by Gasteiger charge is 2.31. The van der Waals surface area contributed by atoms with Crippen LogP contribution in [-0.4, -0.2) is 32.2 Å². The maximum atomic E-state index is 12.3. The third-order valence-corrected chi connectivity index (χ3v) is 3.53. The first-order chi connectivity index (χ1) is 10.1. The second-order valence-corrected chi connectivity index (χ2v) is 5.77. The van der Waals surface area contributed by atoms with Crippen LogP contribution in [0.4, 0.5) is 0 Å². The average Bonchev–Trinajstić information content (AvgIpc) is 3.15. The molecule has 1 heterocycles. The molecular formula is C15H19N5O. The molecule has 1 aliphatic rings. The normalized spacial score (nSPS) is 16.0. The number of rotatable bonds is 5. The van der Waals surface area contributed by atoms with Gasteiger partial charge in [-0.1, -0.05) is 44.2 Å². The molecule has 0 unspecified atom stereocenters. The number of nitrogens with zero attached hydrogens (tertiary/aromatic N) is 4. The Balaban J connectivity index is 1.83. The maximum Gasteiger partial charge on any atom is 0.247 e. The lowest BCUT2D eigenvalue weighted by Crippen LogP contribution is -2.37. The molecule has 1 aromatic heterocycles. The molecule has 1 N–H and O–H groups in total. The smallest absolute Gasteiger partial charge is 0.247 e. The van der Waals surface area contributed by atoms with Gasteiger partial charge < -0.3 is 5.32 Å². The molecule has 0 saturated heterocycles. The van der Waals surface area contributed by atoms with Crippen LogP contribution in [0, 0.1) is 5.92 Å².